The largest absolute Gasteiger partial charge is 0.417 e. The number of unbranched alkanes of at least 4 members (excludes halogenated alkanes) is 1. The number of nitrogens with one attached hydrogen (secondary N) is 1. The molecular formula is C14H28N2OSi. The number of imidazole rings is 1. The van der Waals surface area contributed by atoms with E-state index in [9.17, 15) is 0 Å². The number of rotatable bonds is 6. The van der Waals surface area contributed by atoms with E-state index in [0.29, 0.717) is 5.04 Å². The summed E-state index contributed by atoms with van der Waals surface area (Å²) in [5.74, 6) is 0. The quantitative estimate of drug-likeness (QED) is 0.624. The van der Waals surface area contributed by atoms with Crippen LogP contribution in [0, 0.1) is 6.92 Å². The molecule has 0 atom stereocenters. The molecule has 104 valence electrons. The summed E-state index contributed by atoms with van der Waals surface area (Å²) in [7, 11) is -1.55. The second-order valence-corrected chi connectivity index (χ2v) is 11.3. The lowest BCUT2D eigenvalue weighted by atomic mass is 10.2. The summed E-state index contributed by atoms with van der Waals surface area (Å²) in [6, 6.07) is 0. The molecule has 0 fully saturated rings. The summed E-state index contributed by atoms with van der Waals surface area (Å²) in [5, 5.41) is 0.311. The van der Waals surface area contributed by atoms with Gasteiger partial charge in [-0.3, -0.25) is 0 Å². The molecule has 1 aromatic rings. The average Bonchev–Trinajstić information content (AvgIpc) is 2.62. The highest BCUT2D eigenvalue weighted by atomic mass is 28.4. The molecule has 0 unspecified atom stereocenters. The van der Waals surface area contributed by atoms with Crippen molar-refractivity contribution >= 4 is 8.32 Å². The van der Waals surface area contributed by atoms with Gasteiger partial charge in [0.2, 0.25) is 0 Å². The minimum Gasteiger partial charge on any atom is -0.417 e. The first-order chi connectivity index (χ1) is 8.24. The van der Waals surface area contributed by atoms with Crippen molar-refractivity contribution in [1.82, 2.24) is 9.97 Å². The molecule has 0 spiro atoms. The number of hydrogen-bond acceptors (Lipinski definition) is 2. The van der Waals surface area contributed by atoms with Gasteiger partial charge in [-0.25, -0.2) is 4.98 Å². The fourth-order valence-corrected chi connectivity index (χ4v) is 2.67. The summed E-state index contributed by atoms with van der Waals surface area (Å²) >= 11 is 0. The predicted molar refractivity (Wildman–Crippen MR) is 79.4 cm³/mol. The minimum absolute atomic E-state index is 0.311. The Morgan fingerprint density at radius 1 is 1.28 bits per heavy atom. The van der Waals surface area contributed by atoms with E-state index in [1.807, 2.05) is 0 Å². The van der Waals surface area contributed by atoms with Gasteiger partial charge in [0.25, 0.3) is 0 Å². The van der Waals surface area contributed by atoms with Gasteiger partial charge in [-0.1, -0.05) is 20.8 Å². The Hall–Kier alpha value is -0.613. The Balaban J connectivity index is 2.22. The highest BCUT2D eigenvalue weighted by molar-refractivity contribution is 6.74. The first kappa shape index (κ1) is 15.4. The molecule has 0 radical (unpaired) electrons. The smallest absolute Gasteiger partial charge is 0.191 e. The summed E-state index contributed by atoms with van der Waals surface area (Å²) in [5.41, 5.74) is 2.39. The molecule has 0 aliphatic heterocycles. The Bertz CT molecular complexity index is 366. The SMILES string of the molecule is Cc1[nH]cnc1CCCCO[Si](C)(C)C(C)(C)C. The summed E-state index contributed by atoms with van der Waals surface area (Å²) in [6.45, 7) is 14.4. The zero-order valence-electron chi connectivity index (χ0n) is 12.8. The van der Waals surface area contributed by atoms with Crippen LogP contribution in [0.4, 0.5) is 0 Å². The molecule has 0 amide bonds. The van der Waals surface area contributed by atoms with Gasteiger partial charge < -0.3 is 9.41 Å². The Morgan fingerprint density at radius 2 is 1.94 bits per heavy atom. The molecule has 1 rings (SSSR count). The first-order valence-electron chi connectivity index (χ1n) is 6.87. The van der Waals surface area contributed by atoms with Gasteiger partial charge >= 0.3 is 0 Å². The van der Waals surface area contributed by atoms with Crippen molar-refractivity contribution in [2.75, 3.05) is 6.61 Å². The highest BCUT2D eigenvalue weighted by Crippen LogP contribution is 2.36. The maximum atomic E-state index is 6.15. The van der Waals surface area contributed by atoms with Crippen molar-refractivity contribution in [3.8, 4) is 0 Å². The fraction of sp³-hybridized carbons (Fsp3) is 0.786. The molecule has 1 aromatic heterocycles. The third-order valence-corrected chi connectivity index (χ3v) is 8.55. The number of aryl methyl sites for hydroxylation is 2. The van der Waals surface area contributed by atoms with Crippen LogP contribution in [-0.4, -0.2) is 24.9 Å². The van der Waals surface area contributed by atoms with Crippen LogP contribution in [0.1, 0.15) is 45.0 Å². The molecule has 0 bridgehead atoms. The van der Waals surface area contributed by atoms with Crippen molar-refractivity contribution in [3.63, 3.8) is 0 Å². The number of hydrogen-bond donors (Lipinski definition) is 1. The van der Waals surface area contributed by atoms with Gasteiger partial charge in [0.15, 0.2) is 8.32 Å². The maximum absolute atomic E-state index is 6.15. The van der Waals surface area contributed by atoms with Gasteiger partial charge in [-0.05, 0) is 44.3 Å². The standard InChI is InChI=1S/C14H28N2OSi/c1-12-13(16-11-15-12)9-7-8-10-17-18(5,6)14(2,3)4/h11H,7-10H2,1-6H3,(H,15,16). The van der Waals surface area contributed by atoms with E-state index < -0.39 is 8.32 Å². The third kappa shape index (κ3) is 4.25. The first-order valence-corrected chi connectivity index (χ1v) is 9.78. The summed E-state index contributed by atoms with van der Waals surface area (Å²) in [4.78, 5) is 7.43. The summed E-state index contributed by atoms with van der Waals surface area (Å²) < 4.78 is 6.15. The van der Waals surface area contributed by atoms with Crippen LogP contribution >= 0.6 is 0 Å². The zero-order valence-corrected chi connectivity index (χ0v) is 13.8. The predicted octanol–water partition coefficient (Wildman–Crippen LogP) is 4.06. The van der Waals surface area contributed by atoms with Crippen LogP contribution in [0.15, 0.2) is 6.33 Å². The topological polar surface area (TPSA) is 37.9 Å². The molecule has 4 heteroatoms. The molecule has 0 aliphatic carbocycles. The van der Waals surface area contributed by atoms with E-state index >= 15 is 0 Å². The normalized spacial score (nSPS) is 13.0. The van der Waals surface area contributed by atoms with Crippen LogP contribution in [0.25, 0.3) is 0 Å². The van der Waals surface area contributed by atoms with Crippen LogP contribution in [0.5, 0.6) is 0 Å². The molecule has 0 saturated carbocycles. The van der Waals surface area contributed by atoms with Crippen LogP contribution in [0.3, 0.4) is 0 Å². The summed E-state index contributed by atoms with van der Waals surface area (Å²) in [6.07, 6.45) is 5.10. The van der Waals surface area contributed by atoms with Gasteiger partial charge in [-0.2, -0.15) is 0 Å². The van der Waals surface area contributed by atoms with Crippen molar-refractivity contribution in [2.45, 2.75) is 65.1 Å². The Labute approximate surface area is 112 Å². The second-order valence-electron chi connectivity index (χ2n) is 6.54. The van der Waals surface area contributed by atoms with Crippen molar-refractivity contribution in [1.29, 1.82) is 0 Å². The average molecular weight is 268 g/mol. The highest BCUT2D eigenvalue weighted by Gasteiger charge is 2.36. The Kier molecular flexibility index (Phi) is 5.17. The monoisotopic (exact) mass is 268 g/mol. The zero-order chi connectivity index (χ0) is 13.8. The van der Waals surface area contributed by atoms with E-state index in [1.165, 1.54) is 11.4 Å². The van der Waals surface area contributed by atoms with Crippen molar-refractivity contribution in [3.05, 3.63) is 17.7 Å². The number of H-pyrrole nitrogens is 1. The molecule has 0 saturated heterocycles. The van der Waals surface area contributed by atoms with Crippen LogP contribution in [0.2, 0.25) is 18.1 Å². The number of nitrogens with zero attached hydrogens (tertiary/aromatic N) is 1. The Morgan fingerprint density at radius 3 is 2.44 bits per heavy atom. The van der Waals surface area contributed by atoms with E-state index in [1.54, 1.807) is 6.33 Å². The van der Waals surface area contributed by atoms with E-state index in [4.69, 9.17) is 4.43 Å². The molecule has 3 nitrogen and oxygen atoms in total. The van der Waals surface area contributed by atoms with Gasteiger partial charge in [0.1, 0.15) is 0 Å². The van der Waals surface area contributed by atoms with E-state index in [0.717, 1.165) is 25.9 Å². The lowest BCUT2D eigenvalue weighted by Gasteiger charge is -2.36. The third-order valence-electron chi connectivity index (χ3n) is 4.01. The van der Waals surface area contributed by atoms with E-state index in [-0.39, 0.29) is 0 Å². The molecular weight excluding hydrogens is 240 g/mol. The number of aromatic amines is 1. The lowest BCUT2D eigenvalue weighted by Crippen LogP contribution is -2.40. The molecule has 18 heavy (non-hydrogen) atoms. The van der Waals surface area contributed by atoms with Crippen molar-refractivity contribution in [2.24, 2.45) is 0 Å². The van der Waals surface area contributed by atoms with Gasteiger partial charge in [-0.15, -0.1) is 0 Å². The fourth-order valence-electron chi connectivity index (χ4n) is 1.58. The second kappa shape index (κ2) is 6.02. The number of aromatic nitrogens is 2. The van der Waals surface area contributed by atoms with E-state index in [2.05, 4.69) is 50.8 Å². The lowest BCUT2D eigenvalue weighted by molar-refractivity contribution is 0.279. The minimum atomic E-state index is -1.55. The van der Waals surface area contributed by atoms with Gasteiger partial charge in [0.05, 0.1) is 12.0 Å². The van der Waals surface area contributed by atoms with Crippen LogP contribution in [-0.2, 0) is 10.8 Å². The molecule has 0 aromatic carbocycles. The molecule has 1 heterocycles. The molecule has 0 aliphatic rings. The maximum Gasteiger partial charge on any atom is 0.191 e. The van der Waals surface area contributed by atoms with Crippen molar-refractivity contribution < 1.29 is 4.43 Å². The van der Waals surface area contributed by atoms with Crippen LogP contribution < -0.4 is 0 Å². The van der Waals surface area contributed by atoms with Gasteiger partial charge in [0, 0.05) is 12.3 Å². The molecule has 1 N–H and O–H groups in total.